The number of nitrogens with one attached hydrogen (secondary N) is 3. The summed E-state index contributed by atoms with van der Waals surface area (Å²) in [5.41, 5.74) is 0.419. The smallest absolute Gasteiger partial charge is 0.387 e. The van der Waals surface area contributed by atoms with Crippen molar-refractivity contribution in [1.29, 1.82) is 0 Å². The Morgan fingerprint density at radius 2 is 1.90 bits per heavy atom. The van der Waals surface area contributed by atoms with Gasteiger partial charge in [0.1, 0.15) is 5.75 Å². The molecule has 0 radical (unpaired) electrons. The van der Waals surface area contributed by atoms with Crippen molar-refractivity contribution in [3.05, 3.63) is 17.7 Å². The third-order valence-electron chi connectivity index (χ3n) is 3.87. The van der Waals surface area contributed by atoms with E-state index in [1.807, 2.05) is 6.92 Å². The highest BCUT2D eigenvalue weighted by atomic mass is 127. The van der Waals surface area contributed by atoms with E-state index in [-0.39, 0.29) is 48.8 Å². The van der Waals surface area contributed by atoms with Crippen molar-refractivity contribution in [2.24, 2.45) is 4.99 Å². The number of alkyl halides is 2. The normalized spacial score (nSPS) is 13.2. The molecule has 3 N–H and O–H groups in total. The lowest BCUT2D eigenvalue weighted by Crippen LogP contribution is -2.38. The minimum Gasteiger partial charge on any atom is -0.454 e. The minimum absolute atomic E-state index is 0. The van der Waals surface area contributed by atoms with Gasteiger partial charge in [0.15, 0.2) is 17.5 Å². The molecule has 13 heteroatoms. The summed E-state index contributed by atoms with van der Waals surface area (Å²) in [6.45, 7) is 1.93. The van der Waals surface area contributed by atoms with Crippen LogP contribution in [-0.2, 0) is 16.6 Å². The summed E-state index contributed by atoms with van der Waals surface area (Å²) < 4.78 is 65.8. The molecule has 0 fully saturated rings. The largest absolute Gasteiger partial charge is 0.454 e. The first-order valence-corrected chi connectivity index (χ1v) is 10.9. The molecule has 0 saturated heterocycles. The van der Waals surface area contributed by atoms with E-state index < -0.39 is 16.6 Å². The van der Waals surface area contributed by atoms with Gasteiger partial charge in [0.2, 0.25) is 16.8 Å². The van der Waals surface area contributed by atoms with Crippen molar-refractivity contribution in [2.45, 2.75) is 33.4 Å². The summed E-state index contributed by atoms with van der Waals surface area (Å²) in [6.07, 6.45) is 0.549. The van der Waals surface area contributed by atoms with Gasteiger partial charge in [-0.1, -0.05) is 0 Å². The van der Waals surface area contributed by atoms with E-state index in [1.54, 1.807) is 13.0 Å². The molecular formula is C17H27F2IN4O5S. The van der Waals surface area contributed by atoms with Gasteiger partial charge in [0.05, 0.1) is 12.3 Å². The Balaban J connectivity index is 0.00000450. The molecule has 1 aromatic rings. The van der Waals surface area contributed by atoms with Crippen molar-refractivity contribution >= 4 is 40.0 Å². The second-order valence-corrected chi connectivity index (χ2v) is 8.06. The molecule has 0 atom stereocenters. The molecule has 1 aliphatic rings. The predicted molar refractivity (Wildman–Crippen MR) is 120 cm³/mol. The van der Waals surface area contributed by atoms with Gasteiger partial charge in [-0.15, -0.1) is 24.0 Å². The van der Waals surface area contributed by atoms with E-state index in [0.29, 0.717) is 49.1 Å². The molecule has 0 aliphatic carbocycles. The van der Waals surface area contributed by atoms with Crippen LogP contribution in [0.15, 0.2) is 17.1 Å². The van der Waals surface area contributed by atoms with Crippen molar-refractivity contribution in [3.63, 3.8) is 0 Å². The summed E-state index contributed by atoms with van der Waals surface area (Å²) in [5, 5.41) is 6.11. The molecule has 0 unspecified atom stereocenters. The summed E-state index contributed by atoms with van der Waals surface area (Å²) in [7, 11) is -3.22. The maximum absolute atomic E-state index is 12.7. The molecule has 9 nitrogen and oxygen atoms in total. The second kappa shape index (κ2) is 12.9. The summed E-state index contributed by atoms with van der Waals surface area (Å²) >= 11 is 0. The number of guanidine groups is 1. The zero-order valence-electron chi connectivity index (χ0n) is 16.7. The van der Waals surface area contributed by atoms with Gasteiger partial charge in [0.25, 0.3) is 0 Å². The van der Waals surface area contributed by atoms with E-state index in [9.17, 15) is 17.2 Å². The number of hydrogen-bond acceptors (Lipinski definition) is 6. The molecule has 0 saturated carbocycles. The first-order chi connectivity index (χ1) is 13.8. The molecule has 0 bridgehead atoms. The first kappa shape index (κ1) is 26.4. The number of sulfonamides is 1. The number of hydrogen-bond donors (Lipinski definition) is 3. The number of nitrogens with zero attached hydrogens (tertiary/aromatic N) is 1. The number of benzene rings is 1. The molecule has 0 aromatic heterocycles. The maximum Gasteiger partial charge on any atom is 0.387 e. The average molecular weight is 564 g/mol. The van der Waals surface area contributed by atoms with Crippen molar-refractivity contribution < 1.29 is 31.4 Å². The Hall–Kier alpha value is -1.61. The van der Waals surface area contributed by atoms with Gasteiger partial charge in [-0.25, -0.2) is 18.1 Å². The highest BCUT2D eigenvalue weighted by Gasteiger charge is 2.20. The van der Waals surface area contributed by atoms with Gasteiger partial charge in [-0.05, 0) is 26.3 Å². The number of halogens is 3. The number of ether oxygens (including phenoxy) is 3. The highest BCUT2D eigenvalue weighted by molar-refractivity contribution is 14.0. The summed E-state index contributed by atoms with van der Waals surface area (Å²) in [4.78, 5) is 4.37. The van der Waals surface area contributed by atoms with E-state index in [4.69, 9.17) is 9.47 Å². The lowest BCUT2D eigenvalue weighted by molar-refractivity contribution is -0.0505. The van der Waals surface area contributed by atoms with Gasteiger partial charge < -0.3 is 24.8 Å². The van der Waals surface area contributed by atoms with Crippen LogP contribution in [0, 0.1) is 0 Å². The van der Waals surface area contributed by atoms with Crippen LogP contribution < -0.4 is 29.6 Å². The fourth-order valence-electron chi connectivity index (χ4n) is 2.43. The quantitative estimate of drug-likeness (QED) is 0.163. The van der Waals surface area contributed by atoms with Gasteiger partial charge in [-0.2, -0.15) is 8.78 Å². The standard InChI is InChI=1S/C17H26F2N4O5S.HI/c1-3-20-17(21-6-5-7-23-29(24,25)4-2)22-10-12-8-14-15(27-11-26-14)9-13(12)28-16(18)19;/h8-9,16,23H,3-7,10-11H2,1-2H3,(H2,20,21,22);1H. The number of rotatable bonds is 11. The van der Waals surface area contributed by atoms with Crippen LogP contribution in [0.5, 0.6) is 17.2 Å². The topological polar surface area (TPSA) is 110 Å². The van der Waals surface area contributed by atoms with E-state index in [2.05, 4.69) is 25.1 Å². The molecule has 30 heavy (non-hydrogen) atoms. The molecule has 0 spiro atoms. The molecule has 1 aromatic carbocycles. The van der Waals surface area contributed by atoms with Crippen molar-refractivity contribution in [2.75, 3.05) is 32.2 Å². The number of fused-ring (bicyclic) bond motifs is 1. The summed E-state index contributed by atoms with van der Waals surface area (Å²) in [5.74, 6) is 1.25. The van der Waals surface area contributed by atoms with Crippen LogP contribution in [0.1, 0.15) is 25.8 Å². The van der Waals surface area contributed by atoms with E-state index >= 15 is 0 Å². The van der Waals surface area contributed by atoms with Crippen molar-refractivity contribution in [3.8, 4) is 17.2 Å². The maximum atomic E-state index is 12.7. The summed E-state index contributed by atoms with van der Waals surface area (Å²) in [6, 6.07) is 2.92. The van der Waals surface area contributed by atoms with Crippen LogP contribution >= 0.6 is 24.0 Å². The molecule has 2 rings (SSSR count). The minimum atomic E-state index is -3.22. The van der Waals surface area contributed by atoms with Gasteiger partial charge in [0, 0.05) is 31.3 Å². The predicted octanol–water partition coefficient (Wildman–Crippen LogP) is 2.02. The van der Waals surface area contributed by atoms with Gasteiger partial charge >= 0.3 is 6.61 Å². The molecular weight excluding hydrogens is 537 g/mol. The second-order valence-electron chi connectivity index (χ2n) is 5.96. The van der Waals surface area contributed by atoms with Crippen LogP contribution in [0.25, 0.3) is 0 Å². The van der Waals surface area contributed by atoms with Crippen LogP contribution in [0.2, 0.25) is 0 Å². The Kier molecular flexibility index (Phi) is 11.4. The van der Waals surface area contributed by atoms with Gasteiger partial charge in [-0.3, -0.25) is 0 Å². The molecule has 1 aliphatic heterocycles. The Bertz CT molecular complexity index is 812. The molecule has 1 heterocycles. The third-order valence-corrected chi connectivity index (χ3v) is 5.28. The fraction of sp³-hybridized carbons (Fsp3) is 0.588. The molecule has 0 amide bonds. The molecule has 172 valence electrons. The van der Waals surface area contributed by atoms with Crippen LogP contribution in [-0.4, -0.2) is 53.2 Å². The first-order valence-electron chi connectivity index (χ1n) is 9.21. The Morgan fingerprint density at radius 1 is 1.20 bits per heavy atom. The third kappa shape index (κ3) is 8.63. The fourth-order valence-corrected chi connectivity index (χ4v) is 3.09. The average Bonchev–Trinajstić information content (AvgIpc) is 3.12. The SMILES string of the molecule is CCNC(=NCc1cc2c(cc1OC(F)F)OCO2)NCCCNS(=O)(=O)CC.I. The lowest BCUT2D eigenvalue weighted by Gasteiger charge is -2.13. The Morgan fingerprint density at radius 3 is 2.53 bits per heavy atom. The van der Waals surface area contributed by atoms with Crippen LogP contribution in [0.3, 0.4) is 0 Å². The zero-order chi connectivity index (χ0) is 21.3. The lowest BCUT2D eigenvalue weighted by atomic mass is 10.1. The van der Waals surface area contributed by atoms with E-state index in [1.165, 1.54) is 6.07 Å². The Labute approximate surface area is 192 Å². The highest BCUT2D eigenvalue weighted by Crippen LogP contribution is 2.38. The van der Waals surface area contributed by atoms with Crippen LogP contribution in [0.4, 0.5) is 8.78 Å². The zero-order valence-corrected chi connectivity index (χ0v) is 19.9. The monoisotopic (exact) mass is 564 g/mol. The van der Waals surface area contributed by atoms with Crippen molar-refractivity contribution in [1.82, 2.24) is 15.4 Å². The van der Waals surface area contributed by atoms with E-state index in [0.717, 1.165) is 0 Å². The number of aliphatic imine (C=N–C) groups is 1.